The Hall–Kier alpha value is -2.21. The summed E-state index contributed by atoms with van der Waals surface area (Å²) >= 11 is 0. The summed E-state index contributed by atoms with van der Waals surface area (Å²) in [6, 6.07) is 6.67. The third-order valence-electron chi connectivity index (χ3n) is 6.42. The van der Waals surface area contributed by atoms with Gasteiger partial charge >= 0.3 is 0 Å². The van der Waals surface area contributed by atoms with E-state index in [0.29, 0.717) is 45.1 Å². The first kappa shape index (κ1) is 23.5. The molecule has 6 heteroatoms. The molecule has 1 aromatic carbocycles. The van der Waals surface area contributed by atoms with Crippen LogP contribution in [0.25, 0.3) is 0 Å². The molecule has 3 atom stereocenters. The number of amides is 2. The number of nitrogens with one attached hydrogen (secondary N) is 2. The first-order valence-electron chi connectivity index (χ1n) is 11.6. The molecule has 31 heavy (non-hydrogen) atoms. The van der Waals surface area contributed by atoms with Crippen molar-refractivity contribution >= 4 is 11.8 Å². The zero-order valence-electron chi connectivity index (χ0n) is 18.8. The molecule has 5 nitrogen and oxygen atoms in total. The predicted octanol–water partition coefficient (Wildman–Crippen LogP) is 3.48. The third kappa shape index (κ3) is 6.89. The van der Waals surface area contributed by atoms with Crippen LogP contribution in [0.3, 0.4) is 0 Å². The number of allylic oxidation sites excluding steroid dienone is 1. The number of rotatable bonds is 3. The van der Waals surface area contributed by atoms with Gasteiger partial charge in [0.25, 0.3) is 0 Å². The van der Waals surface area contributed by atoms with Gasteiger partial charge in [-0.1, -0.05) is 38.1 Å². The minimum Gasteiger partial charge on any atom is -0.355 e. The van der Waals surface area contributed by atoms with Crippen molar-refractivity contribution in [2.45, 2.75) is 45.4 Å². The van der Waals surface area contributed by atoms with E-state index in [9.17, 15) is 14.0 Å². The van der Waals surface area contributed by atoms with E-state index in [-0.39, 0.29) is 35.4 Å². The molecule has 0 spiro atoms. The van der Waals surface area contributed by atoms with Crippen LogP contribution in [0.15, 0.2) is 36.4 Å². The van der Waals surface area contributed by atoms with Crippen LogP contribution in [0.5, 0.6) is 0 Å². The van der Waals surface area contributed by atoms with Crippen LogP contribution in [-0.2, 0) is 9.59 Å². The smallest absolute Gasteiger partial charge is 0.223 e. The molecule has 1 aromatic rings. The summed E-state index contributed by atoms with van der Waals surface area (Å²) in [5, 5.41) is 6.48. The largest absolute Gasteiger partial charge is 0.355 e. The molecule has 1 fully saturated rings. The summed E-state index contributed by atoms with van der Waals surface area (Å²) in [7, 11) is 0. The Kier molecular flexibility index (Phi) is 8.64. The number of fused-ring (bicyclic) bond motifs is 2. The van der Waals surface area contributed by atoms with E-state index >= 15 is 0 Å². The van der Waals surface area contributed by atoms with Gasteiger partial charge in [0, 0.05) is 51.0 Å². The summed E-state index contributed by atoms with van der Waals surface area (Å²) < 4.78 is 13.4. The molecule has 2 aliphatic rings. The zero-order valence-corrected chi connectivity index (χ0v) is 18.8. The summed E-state index contributed by atoms with van der Waals surface area (Å²) in [6.45, 7) is 7.49. The van der Waals surface area contributed by atoms with Crippen molar-refractivity contribution in [1.82, 2.24) is 15.5 Å². The van der Waals surface area contributed by atoms with Gasteiger partial charge < -0.3 is 15.5 Å². The molecule has 3 rings (SSSR count). The monoisotopic (exact) mass is 429 g/mol. The molecule has 1 saturated heterocycles. The van der Waals surface area contributed by atoms with Crippen LogP contribution in [0.2, 0.25) is 0 Å². The van der Waals surface area contributed by atoms with Gasteiger partial charge in [-0.2, -0.15) is 0 Å². The lowest BCUT2D eigenvalue weighted by Crippen LogP contribution is -2.48. The molecule has 2 aliphatic heterocycles. The van der Waals surface area contributed by atoms with Crippen LogP contribution < -0.4 is 10.6 Å². The molecule has 0 saturated carbocycles. The molecule has 2 amide bonds. The number of nitrogens with zero attached hydrogens (tertiary/aromatic N) is 1. The highest BCUT2D eigenvalue weighted by Crippen LogP contribution is 2.33. The molecule has 0 aliphatic carbocycles. The van der Waals surface area contributed by atoms with Crippen LogP contribution in [0.1, 0.15) is 51.0 Å². The Morgan fingerprint density at radius 1 is 1.16 bits per heavy atom. The molecule has 2 N–H and O–H groups in total. The van der Waals surface area contributed by atoms with Gasteiger partial charge in [-0.05, 0) is 48.8 Å². The van der Waals surface area contributed by atoms with Crippen molar-refractivity contribution in [2.75, 3.05) is 32.7 Å². The van der Waals surface area contributed by atoms with E-state index < -0.39 is 0 Å². The van der Waals surface area contributed by atoms with E-state index in [1.807, 2.05) is 23.1 Å². The Bertz CT molecular complexity index is 763. The van der Waals surface area contributed by atoms with Crippen LogP contribution in [0.4, 0.5) is 4.39 Å². The Morgan fingerprint density at radius 3 is 2.68 bits per heavy atom. The van der Waals surface area contributed by atoms with Gasteiger partial charge in [0.2, 0.25) is 11.8 Å². The standard InChI is InChI=1S/C25H36FN3O2/c1-18(2)15-20-5-3-4-12-27-13-10-24(30)29-14-11-23(19-6-8-22(26)9-7-19)21(17-29)16-28-25(20)31/h3-4,6-9,18,20-21,23,27H,5,10-17H2,1-2H3,(H,28,31)/b4-3-/t20?,21-,23-/m1/s1. The molecule has 2 bridgehead atoms. The van der Waals surface area contributed by atoms with Gasteiger partial charge in [-0.15, -0.1) is 0 Å². The summed E-state index contributed by atoms with van der Waals surface area (Å²) in [5.74, 6) is 0.693. The summed E-state index contributed by atoms with van der Waals surface area (Å²) in [6.07, 6.45) is 6.99. The fourth-order valence-electron chi connectivity index (χ4n) is 4.75. The average molecular weight is 430 g/mol. The molecule has 2 heterocycles. The molecule has 0 aromatic heterocycles. The van der Waals surface area contributed by atoms with Gasteiger partial charge in [0.05, 0.1) is 0 Å². The summed E-state index contributed by atoms with van der Waals surface area (Å²) in [4.78, 5) is 27.7. The number of carbonyl (C=O) groups is 2. The first-order valence-corrected chi connectivity index (χ1v) is 11.6. The lowest BCUT2D eigenvalue weighted by Gasteiger charge is -2.39. The second-order valence-corrected chi connectivity index (χ2v) is 9.28. The van der Waals surface area contributed by atoms with Gasteiger partial charge in [0.1, 0.15) is 5.82 Å². The molecular formula is C25H36FN3O2. The second-order valence-electron chi connectivity index (χ2n) is 9.28. The van der Waals surface area contributed by atoms with Crippen molar-refractivity contribution in [3.05, 3.63) is 47.8 Å². The molecular weight excluding hydrogens is 393 g/mol. The quantitative estimate of drug-likeness (QED) is 0.724. The number of hydrogen-bond donors (Lipinski definition) is 2. The molecule has 0 radical (unpaired) electrons. The second kappa shape index (κ2) is 11.4. The summed E-state index contributed by atoms with van der Waals surface area (Å²) in [5.41, 5.74) is 1.08. The van der Waals surface area contributed by atoms with Crippen molar-refractivity contribution < 1.29 is 14.0 Å². The first-order chi connectivity index (χ1) is 14.9. The third-order valence-corrected chi connectivity index (χ3v) is 6.42. The van der Waals surface area contributed by atoms with E-state index in [4.69, 9.17) is 0 Å². The Balaban J connectivity index is 1.78. The van der Waals surface area contributed by atoms with E-state index in [1.54, 1.807) is 0 Å². The highest BCUT2D eigenvalue weighted by molar-refractivity contribution is 5.79. The zero-order chi connectivity index (χ0) is 22.2. The van der Waals surface area contributed by atoms with Crippen molar-refractivity contribution in [3.63, 3.8) is 0 Å². The lowest BCUT2D eigenvalue weighted by molar-refractivity contribution is -0.133. The highest BCUT2D eigenvalue weighted by atomic mass is 19.1. The van der Waals surface area contributed by atoms with Gasteiger partial charge in [-0.3, -0.25) is 9.59 Å². The van der Waals surface area contributed by atoms with Crippen molar-refractivity contribution in [3.8, 4) is 0 Å². The Labute approximate surface area is 185 Å². The van der Waals surface area contributed by atoms with Crippen molar-refractivity contribution in [1.29, 1.82) is 0 Å². The van der Waals surface area contributed by atoms with Crippen molar-refractivity contribution in [2.24, 2.45) is 17.8 Å². The maximum absolute atomic E-state index is 13.4. The minimum absolute atomic E-state index is 0.0491. The number of halogens is 1. The fraction of sp³-hybridized carbons (Fsp3) is 0.600. The molecule has 170 valence electrons. The Morgan fingerprint density at radius 2 is 1.94 bits per heavy atom. The molecule has 1 unspecified atom stereocenters. The lowest BCUT2D eigenvalue weighted by atomic mass is 9.80. The van der Waals surface area contributed by atoms with E-state index in [2.05, 4.69) is 30.6 Å². The maximum atomic E-state index is 13.4. The van der Waals surface area contributed by atoms with Crippen LogP contribution >= 0.6 is 0 Å². The fourth-order valence-corrected chi connectivity index (χ4v) is 4.75. The number of carbonyl (C=O) groups excluding carboxylic acids is 2. The average Bonchev–Trinajstić information content (AvgIpc) is 2.75. The number of benzene rings is 1. The van der Waals surface area contributed by atoms with E-state index in [0.717, 1.165) is 24.8 Å². The maximum Gasteiger partial charge on any atom is 0.223 e. The number of piperidine rings is 1. The SMILES string of the molecule is CC(C)CC1C/C=C\CNCCC(=O)N2CC[C@H](c3ccc(F)cc3)[C@H](CNC1=O)C2. The van der Waals surface area contributed by atoms with E-state index in [1.165, 1.54) is 12.1 Å². The number of hydrogen-bond acceptors (Lipinski definition) is 3. The van der Waals surface area contributed by atoms with Gasteiger partial charge in [-0.25, -0.2) is 4.39 Å². The normalized spacial score (nSPS) is 27.4. The van der Waals surface area contributed by atoms with Gasteiger partial charge in [0.15, 0.2) is 0 Å². The minimum atomic E-state index is -0.246. The predicted molar refractivity (Wildman–Crippen MR) is 121 cm³/mol. The topological polar surface area (TPSA) is 61.4 Å². The van der Waals surface area contributed by atoms with Crippen LogP contribution in [0, 0.1) is 23.6 Å². The highest BCUT2D eigenvalue weighted by Gasteiger charge is 2.33. The van der Waals surface area contributed by atoms with Crippen LogP contribution in [-0.4, -0.2) is 49.4 Å².